The lowest BCUT2D eigenvalue weighted by atomic mass is 9.93. The number of anilines is 1. The first-order valence-corrected chi connectivity index (χ1v) is 9.30. The second-order valence-corrected chi connectivity index (χ2v) is 7.54. The number of halogens is 1. The number of ether oxygens (including phenoxy) is 1. The van der Waals surface area contributed by atoms with Crippen LogP contribution in [0.2, 0.25) is 0 Å². The smallest absolute Gasteiger partial charge is 0.414 e. The number of rotatable bonds is 3. The van der Waals surface area contributed by atoms with Crippen molar-refractivity contribution in [3.05, 3.63) is 64.1 Å². The van der Waals surface area contributed by atoms with Gasteiger partial charge in [-0.05, 0) is 60.9 Å². The van der Waals surface area contributed by atoms with E-state index in [0.717, 1.165) is 28.6 Å². The van der Waals surface area contributed by atoms with E-state index >= 15 is 0 Å². The lowest BCUT2D eigenvalue weighted by Gasteiger charge is -2.36. The van der Waals surface area contributed by atoms with E-state index in [9.17, 15) is 4.79 Å². The van der Waals surface area contributed by atoms with Crippen LogP contribution >= 0.6 is 15.9 Å². The molecule has 1 aliphatic carbocycles. The molecule has 2 aliphatic rings. The molecule has 24 heavy (non-hydrogen) atoms. The lowest BCUT2D eigenvalue weighted by molar-refractivity contribution is 0.142. The van der Waals surface area contributed by atoms with E-state index in [2.05, 4.69) is 22.0 Å². The molecule has 2 aromatic rings. The molecule has 4 rings (SSSR count). The normalized spacial score (nSPS) is 19.7. The van der Waals surface area contributed by atoms with E-state index in [0.29, 0.717) is 12.5 Å². The highest BCUT2D eigenvalue weighted by Gasteiger charge is 2.41. The summed E-state index contributed by atoms with van der Waals surface area (Å²) in [6.07, 6.45) is 4.27. The molecule has 1 saturated carbocycles. The molecule has 1 amide bonds. The molecule has 0 saturated heterocycles. The largest absolute Gasteiger partial charge is 0.444 e. The highest BCUT2D eigenvalue weighted by molar-refractivity contribution is 9.10. The van der Waals surface area contributed by atoms with Gasteiger partial charge in [-0.1, -0.05) is 46.3 Å². The number of benzene rings is 2. The Morgan fingerprint density at radius 2 is 1.92 bits per heavy atom. The Kier molecular flexibility index (Phi) is 4.31. The zero-order valence-corrected chi connectivity index (χ0v) is 15.0. The van der Waals surface area contributed by atoms with Crippen molar-refractivity contribution in [1.82, 2.24) is 0 Å². The highest BCUT2D eigenvalue weighted by atomic mass is 79.9. The molecule has 3 nitrogen and oxygen atoms in total. The van der Waals surface area contributed by atoms with Crippen LogP contribution in [0.3, 0.4) is 0 Å². The number of aryl methyl sites for hydroxylation is 1. The number of hydrogen-bond donors (Lipinski definition) is 0. The Morgan fingerprint density at radius 1 is 1.12 bits per heavy atom. The number of carbonyl (C=O) groups is 1. The Labute approximate surface area is 150 Å². The summed E-state index contributed by atoms with van der Waals surface area (Å²) >= 11 is 3.53. The summed E-state index contributed by atoms with van der Waals surface area (Å²) in [4.78, 5) is 14.8. The first-order chi connectivity index (χ1) is 11.7. The van der Waals surface area contributed by atoms with Gasteiger partial charge >= 0.3 is 6.09 Å². The summed E-state index contributed by atoms with van der Waals surface area (Å²) in [5.41, 5.74) is 3.25. The van der Waals surface area contributed by atoms with Gasteiger partial charge in [0.15, 0.2) is 0 Å². The van der Waals surface area contributed by atoms with Gasteiger partial charge in [0.2, 0.25) is 0 Å². The van der Waals surface area contributed by atoms with Crippen molar-refractivity contribution in [3.8, 4) is 0 Å². The summed E-state index contributed by atoms with van der Waals surface area (Å²) in [5.74, 6) is 0.631. The van der Waals surface area contributed by atoms with Gasteiger partial charge in [0.05, 0.1) is 5.69 Å². The number of amides is 1. The number of hydrogen-bond acceptors (Lipinski definition) is 2. The molecule has 1 unspecified atom stereocenters. The molecule has 0 bridgehead atoms. The van der Waals surface area contributed by atoms with Crippen LogP contribution < -0.4 is 4.90 Å². The van der Waals surface area contributed by atoms with Crippen LogP contribution in [0.4, 0.5) is 10.5 Å². The standard InChI is InChI=1S/C20H20BrNO2/c21-17-9-11-19-16(12-17)8-10-18(15-6-7-15)22(19)20(23)24-13-14-4-2-1-3-5-14/h1-5,9,11-12,15,18H,6-8,10,13H2. The number of fused-ring (bicyclic) bond motifs is 1. The van der Waals surface area contributed by atoms with Crippen molar-refractivity contribution in [1.29, 1.82) is 0 Å². The molecule has 1 fully saturated rings. The van der Waals surface area contributed by atoms with Crippen LogP contribution in [0, 0.1) is 5.92 Å². The average Bonchev–Trinajstić information content (AvgIpc) is 3.44. The third kappa shape index (κ3) is 3.20. The summed E-state index contributed by atoms with van der Waals surface area (Å²) < 4.78 is 6.70. The van der Waals surface area contributed by atoms with E-state index in [1.54, 1.807) is 0 Å². The number of carbonyl (C=O) groups excluding carboxylic acids is 1. The van der Waals surface area contributed by atoms with Crippen LogP contribution in [-0.2, 0) is 17.8 Å². The maximum absolute atomic E-state index is 12.9. The highest BCUT2D eigenvalue weighted by Crippen LogP contribution is 2.43. The summed E-state index contributed by atoms with van der Waals surface area (Å²) in [7, 11) is 0. The van der Waals surface area contributed by atoms with Crippen LogP contribution in [0.15, 0.2) is 53.0 Å². The quantitative estimate of drug-likeness (QED) is 0.715. The topological polar surface area (TPSA) is 29.5 Å². The average molecular weight is 386 g/mol. The van der Waals surface area contributed by atoms with Gasteiger partial charge in [-0.15, -0.1) is 0 Å². The minimum absolute atomic E-state index is 0.223. The Bertz CT molecular complexity index is 743. The van der Waals surface area contributed by atoms with Gasteiger partial charge in [0.1, 0.15) is 6.61 Å². The first-order valence-electron chi connectivity index (χ1n) is 8.51. The Morgan fingerprint density at radius 3 is 2.67 bits per heavy atom. The number of nitrogens with zero attached hydrogens (tertiary/aromatic N) is 1. The third-order valence-corrected chi connectivity index (χ3v) is 5.40. The third-order valence-electron chi connectivity index (χ3n) is 4.91. The van der Waals surface area contributed by atoms with Crippen molar-refractivity contribution < 1.29 is 9.53 Å². The molecule has 1 atom stereocenters. The predicted octanol–water partition coefficient (Wildman–Crippen LogP) is 5.32. The predicted molar refractivity (Wildman–Crippen MR) is 98.1 cm³/mol. The first kappa shape index (κ1) is 15.7. The maximum Gasteiger partial charge on any atom is 0.414 e. The minimum Gasteiger partial charge on any atom is -0.444 e. The molecule has 0 spiro atoms. The van der Waals surface area contributed by atoms with Gasteiger partial charge in [-0.2, -0.15) is 0 Å². The van der Waals surface area contributed by atoms with Gasteiger partial charge in [-0.25, -0.2) is 4.79 Å². The molecule has 1 heterocycles. The van der Waals surface area contributed by atoms with Crippen molar-refractivity contribution in [2.75, 3.05) is 4.90 Å². The minimum atomic E-state index is -0.223. The monoisotopic (exact) mass is 385 g/mol. The van der Waals surface area contributed by atoms with E-state index in [1.165, 1.54) is 18.4 Å². The van der Waals surface area contributed by atoms with Crippen molar-refractivity contribution in [2.24, 2.45) is 5.92 Å². The lowest BCUT2D eigenvalue weighted by Crippen LogP contribution is -2.45. The van der Waals surface area contributed by atoms with Crippen molar-refractivity contribution >= 4 is 27.7 Å². The zero-order valence-electron chi connectivity index (χ0n) is 13.5. The van der Waals surface area contributed by atoms with Crippen LogP contribution in [0.25, 0.3) is 0 Å². The SMILES string of the molecule is O=C(OCc1ccccc1)N1c2ccc(Br)cc2CCC1C1CC1. The molecule has 0 N–H and O–H groups in total. The van der Waals surface area contributed by atoms with E-state index < -0.39 is 0 Å². The second kappa shape index (κ2) is 6.60. The van der Waals surface area contributed by atoms with Gasteiger partial charge < -0.3 is 4.74 Å². The van der Waals surface area contributed by atoms with Crippen LogP contribution in [0.1, 0.15) is 30.4 Å². The fraction of sp³-hybridized carbons (Fsp3) is 0.350. The Hall–Kier alpha value is -1.81. The van der Waals surface area contributed by atoms with Crippen molar-refractivity contribution in [2.45, 2.75) is 38.3 Å². The maximum atomic E-state index is 12.9. The fourth-order valence-electron chi connectivity index (χ4n) is 3.55. The molecule has 2 aromatic carbocycles. The molecule has 124 valence electrons. The summed E-state index contributed by atoms with van der Waals surface area (Å²) in [6.45, 7) is 0.319. The molecule has 4 heteroatoms. The van der Waals surface area contributed by atoms with E-state index in [1.807, 2.05) is 47.4 Å². The Balaban J connectivity index is 1.57. The van der Waals surface area contributed by atoms with Crippen LogP contribution in [-0.4, -0.2) is 12.1 Å². The van der Waals surface area contributed by atoms with E-state index in [-0.39, 0.29) is 12.1 Å². The van der Waals surface area contributed by atoms with E-state index in [4.69, 9.17) is 4.74 Å². The fourth-order valence-corrected chi connectivity index (χ4v) is 3.96. The van der Waals surface area contributed by atoms with Crippen molar-refractivity contribution in [3.63, 3.8) is 0 Å². The van der Waals surface area contributed by atoms with Gasteiger partial charge in [0, 0.05) is 10.5 Å². The molecule has 0 aromatic heterocycles. The zero-order chi connectivity index (χ0) is 16.5. The summed E-state index contributed by atoms with van der Waals surface area (Å²) in [6, 6.07) is 16.3. The molecule has 1 aliphatic heterocycles. The van der Waals surface area contributed by atoms with Gasteiger partial charge in [0.25, 0.3) is 0 Å². The molecular weight excluding hydrogens is 366 g/mol. The summed E-state index contributed by atoms with van der Waals surface area (Å²) in [5, 5.41) is 0. The van der Waals surface area contributed by atoms with Gasteiger partial charge in [-0.3, -0.25) is 4.90 Å². The molecule has 0 radical (unpaired) electrons. The molecular formula is C20H20BrNO2. The second-order valence-electron chi connectivity index (χ2n) is 6.63. The van der Waals surface area contributed by atoms with Crippen LogP contribution in [0.5, 0.6) is 0 Å².